The van der Waals surface area contributed by atoms with Gasteiger partial charge in [-0.1, -0.05) is 0 Å². The van der Waals surface area contributed by atoms with Gasteiger partial charge in [-0.15, -0.1) is 11.8 Å². The van der Waals surface area contributed by atoms with Crippen molar-refractivity contribution in [1.82, 2.24) is 5.32 Å². The summed E-state index contributed by atoms with van der Waals surface area (Å²) in [5.41, 5.74) is 0. The van der Waals surface area contributed by atoms with Crippen LogP contribution in [0.1, 0.15) is 0 Å². The highest BCUT2D eigenvalue weighted by molar-refractivity contribution is 7.99. The number of thioether (sulfide) groups is 1. The van der Waals surface area contributed by atoms with Gasteiger partial charge in [-0.3, -0.25) is 10.1 Å². The first-order valence-electron chi connectivity index (χ1n) is 2.73. The molecule has 0 aromatic heterocycles. The van der Waals surface area contributed by atoms with Crippen molar-refractivity contribution in [2.75, 3.05) is 18.7 Å². The fraction of sp³-hybridized carbons (Fsp3) is 0.800. The number of carbonyl (C=O) groups is 1. The molecule has 0 bridgehead atoms. The van der Waals surface area contributed by atoms with Crippen LogP contribution < -0.4 is 5.32 Å². The molecule has 0 aliphatic carbocycles. The van der Waals surface area contributed by atoms with Crippen LogP contribution in [0.15, 0.2) is 0 Å². The van der Waals surface area contributed by atoms with Crippen LogP contribution in [-0.2, 0) is 9.53 Å². The zero-order valence-electron chi connectivity index (χ0n) is 5.22. The number of methoxy groups -OCH3 is 1. The topological polar surface area (TPSA) is 38.3 Å². The van der Waals surface area contributed by atoms with Crippen LogP contribution in [0.5, 0.6) is 0 Å². The first-order chi connectivity index (χ1) is 4.34. The highest BCUT2D eigenvalue weighted by Gasteiger charge is 2.22. The minimum absolute atomic E-state index is 0.0694. The molecule has 9 heavy (non-hydrogen) atoms. The number of ether oxygens (including phenoxy) is 1. The molecule has 0 saturated carbocycles. The van der Waals surface area contributed by atoms with Gasteiger partial charge in [0, 0.05) is 11.6 Å². The second-order valence-electron chi connectivity index (χ2n) is 1.79. The summed E-state index contributed by atoms with van der Waals surface area (Å²) in [6.07, 6.45) is 0. The molecule has 0 aromatic rings. The quantitative estimate of drug-likeness (QED) is 0.522. The summed E-state index contributed by atoms with van der Waals surface area (Å²) in [7, 11) is 1.41. The van der Waals surface area contributed by atoms with E-state index in [1.54, 1.807) is 11.8 Å². The van der Waals surface area contributed by atoms with E-state index < -0.39 is 0 Å². The molecule has 52 valence electrons. The Labute approximate surface area is 58.1 Å². The molecule has 1 atom stereocenters. The van der Waals surface area contributed by atoms with E-state index >= 15 is 0 Å². The standard InChI is InChI=1S/C5H9NO2S/c1-8-5(7)4-2-9-3-6-4/h4,6H,2-3H2,1H3/t4-/m1/s1. The van der Waals surface area contributed by atoms with E-state index in [4.69, 9.17) is 0 Å². The number of nitrogens with one attached hydrogen (secondary N) is 1. The number of hydrogen-bond donors (Lipinski definition) is 1. The lowest BCUT2D eigenvalue weighted by Crippen LogP contribution is -2.33. The van der Waals surface area contributed by atoms with Crippen molar-refractivity contribution in [3.63, 3.8) is 0 Å². The van der Waals surface area contributed by atoms with Gasteiger partial charge in [-0.05, 0) is 0 Å². The fourth-order valence-corrected chi connectivity index (χ4v) is 1.62. The molecule has 1 saturated heterocycles. The monoisotopic (exact) mass is 147 g/mol. The maximum Gasteiger partial charge on any atom is 0.323 e. The highest BCUT2D eigenvalue weighted by Crippen LogP contribution is 2.09. The molecule has 0 unspecified atom stereocenters. The molecule has 0 aromatic carbocycles. The fourth-order valence-electron chi connectivity index (χ4n) is 0.689. The average Bonchev–Trinajstić information content (AvgIpc) is 2.37. The average molecular weight is 147 g/mol. The molecule has 3 nitrogen and oxygen atoms in total. The van der Waals surface area contributed by atoms with E-state index in [0.717, 1.165) is 11.6 Å². The molecule has 0 radical (unpaired) electrons. The zero-order valence-corrected chi connectivity index (χ0v) is 6.03. The SMILES string of the molecule is COC(=O)[C@H]1CSCN1. The second kappa shape index (κ2) is 3.08. The largest absolute Gasteiger partial charge is 0.468 e. The minimum atomic E-state index is -0.153. The third-order valence-electron chi connectivity index (χ3n) is 1.20. The number of esters is 1. The van der Waals surface area contributed by atoms with E-state index in [9.17, 15) is 4.79 Å². The molecule has 0 amide bonds. The molecule has 4 heteroatoms. The molecule has 1 aliphatic rings. The lowest BCUT2D eigenvalue weighted by Gasteiger charge is -2.03. The summed E-state index contributed by atoms with van der Waals surface area (Å²) in [5, 5.41) is 3.00. The van der Waals surface area contributed by atoms with E-state index in [1.807, 2.05) is 0 Å². The first-order valence-corrected chi connectivity index (χ1v) is 3.89. The summed E-state index contributed by atoms with van der Waals surface area (Å²) in [4.78, 5) is 10.7. The van der Waals surface area contributed by atoms with Crippen molar-refractivity contribution in [2.24, 2.45) is 0 Å². The van der Waals surface area contributed by atoms with E-state index in [1.165, 1.54) is 7.11 Å². The van der Waals surface area contributed by atoms with Crippen LogP contribution >= 0.6 is 11.8 Å². The van der Waals surface area contributed by atoms with Crippen molar-refractivity contribution in [2.45, 2.75) is 6.04 Å². The zero-order chi connectivity index (χ0) is 6.69. The van der Waals surface area contributed by atoms with Crippen LogP contribution in [0.2, 0.25) is 0 Å². The molecular formula is C5H9NO2S. The second-order valence-corrected chi connectivity index (χ2v) is 2.83. The van der Waals surface area contributed by atoms with Crippen molar-refractivity contribution in [3.8, 4) is 0 Å². The van der Waals surface area contributed by atoms with Gasteiger partial charge in [0.1, 0.15) is 6.04 Å². The first kappa shape index (κ1) is 6.89. The van der Waals surface area contributed by atoms with Gasteiger partial charge in [0.25, 0.3) is 0 Å². The summed E-state index contributed by atoms with van der Waals surface area (Å²) >= 11 is 1.71. The molecule has 1 aliphatic heterocycles. The van der Waals surface area contributed by atoms with Crippen LogP contribution in [0.4, 0.5) is 0 Å². The summed E-state index contributed by atoms with van der Waals surface area (Å²) in [6, 6.07) is -0.0694. The summed E-state index contributed by atoms with van der Waals surface area (Å²) in [5.74, 6) is 1.55. The Bertz CT molecular complexity index is 112. The number of hydrogen-bond acceptors (Lipinski definition) is 4. The smallest absolute Gasteiger partial charge is 0.323 e. The number of carbonyl (C=O) groups excluding carboxylic acids is 1. The lowest BCUT2D eigenvalue weighted by molar-refractivity contribution is -0.142. The third kappa shape index (κ3) is 1.59. The van der Waals surface area contributed by atoms with E-state index in [2.05, 4.69) is 10.1 Å². The molecule has 1 fully saturated rings. The van der Waals surface area contributed by atoms with Crippen molar-refractivity contribution in [3.05, 3.63) is 0 Å². The van der Waals surface area contributed by atoms with Gasteiger partial charge >= 0.3 is 5.97 Å². The van der Waals surface area contributed by atoms with Gasteiger partial charge in [0.05, 0.1) is 7.11 Å². The van der Waals surface area contributed by atoms with Gasteiger partial charge in [-0.25, -0.2) is 0 Å². The molecular weight excluding hydrogens is 138 g/mol. The van der Waals surface area contributed by atoms with Gasteiger partial charge in [0.2, 0.25) is 0 Å². The molecule has 0 spiro atoms. The number of rotatable bonds is 1. The molecule has 1 N–H and O–H groups in total. The molecule has 1 rings (SSSR count). The van der Waals surface area contributed by atoms with Gasteiger partial charge < -0.3 is 4.74 Å². The Morgan fingerprint density at radius 2 is 2.67 bits per heavy atom. The van der Waals surface area contributed by atoms with Gasteiger partial charge in [0.15, 0.2) is 0 Å². The van der Waals surface area contributed by atoms with Crippen LogP contribution in [0.3, 0.4) is 0 Å². The maximum atomic E-state index is 10.7. The summed E-state index contributed by atoms with van der Waals surface area (Å²) in [6.45, 7) is 0. The Hall–Kier alpha value is -0.220. The summed E-state index contributed by atoms with van der Waals surface area (Å²) < 4.78 is 4.52. The van der Waals surface area contributed by atoms with Crippen LogP contribution in [-0.4, -0.2) is 30.8 Å². The van der Waals surface area contributed by atoms with Crippen LogP contribution in [0, 0.1) is 0 Å². The van der Waals surface area contributed by atoms with Crippen molar-refractivity contribution < 1.29 is 9.53 Å². The van der Waals surface area contributed by atoms with E-state index in [-0.39, 0.29) is 12.0 Å². The Morgan fingerprint density at radius 3 is 3.11 bits per heavy atom. The van der Waals surface area contributed by atoms with Crippen molar-refractivity contribution in [1.29, 1.82) is 0 Å². The predicted octanol–water partition coefficient (Wildman–Crippen LogP) is -0.178. The van der Waals surface area contributed by atoms with E-state index in [0.29, 0.717) is 0 Å². The van der Waals surface area contributed by atoms with Gasteiger partial charge in [-0.2, -0.15) is 0 Å². The molecule has 1 heterocycles. The van der Waals surface area contributed by atoms with Crippen LogP contribution in [0.25, 0.3) is 0 Å². The third-order valence-corrected chi connectivity index (χ3v) is 2.14. The highest BCUT2D eigenvalue weighted by atomic mass is 32.2. The maximum absolute atomic E-state index is 10.7. The predicted molar refractivity (Wildman–Crippen MR) is 36.3 cm³/mol. The van der Waals surface area contributed by atoms with Crippen molar-refractivity contribution >= 4 is 17.7 Å². The Morgan fingerprint density at radius 1 is 1.89 bits per heavy atom. The Balaban J connectivity index is 2.32. The normalized spacial score (nSPS) is 26.1. The Kier molecular flexibility index (Phi) is 2.36. The lowest BCUT2D eigenvalue weighted by atomic mass is 10.3. The minimum Gasteiger partial charge on any atom is -0.468 e.